The number of para-hydroxylation sites is 1. The van der Waals surface area contributed by atoms with E-state index in [9.17, 15) is 13.2 Å². The number of hydrogen-bond acceptors (Lipinski definition) is 5. The normalized spacial score (nSPS) is 15.2. The largest absolute Gasteiger partial charge is 0.369 e. The topological polar surface area (TPSA) is 73.0 Å². The fourth-order valence-electron chi connectivity index (χ4n) is 3.19. The van der Waals surface area contributed by atoms with Gasteiger partial charge in [-0.3, -0.25) is 9.10 Å². The van der Waals surface area contributed by atoms with Crippen LogP contribution in [0.1, 0.15) is 0 Å². The number of amides is 1. The smallest absolute Gasteiger partial charge is 0.245 e. The molecule has 0 spiro atoms. The number of carbonyl (C=O) groups excluding carboxylic acids is 1. The van der Waals surface area contributed by atoms with E-state index >= 15 is 0 Å². The molecule has 1 amide bonds. The Balaban J connectivity index is 1.67. The van der Waals surface area contributed by atoms with Crippen LogP contribution in [-0.4, -0.2) is 65.3 Å². The van der Waals surface area contributed by atoms with Crippen LogP contribution in [0, 0.1) is 0 Å². The highest BCUT2D eigenvalue weighted by molar-refractivity contribution is 7.92. The van der Waals surface area contributed by atoms with E-state index in [-0.39, 0.29) is 17.3 Å². The molecule has 156 valence electrons. The van der Waals surface area contributed by atoms with Crippen molar-refractivity contribution in [2.45, 2.75) is 0 Å². The van der Waals surface area contributed by atoms with E-state index in [0.717, 1.165) is 42.4 Å². The lowest BCUT2D eigenvalue weighted by molar-refractivity contribution is -0.114. The summed E-state index contributed by atoms with van der Waals surface area (Å²) < 4.78 is 25.4. The van der Waals surface area contributed by atoms with Crippen LogP contribution in [0.4, 0.5) is 17.1 Å². The molecule has 0 aliphatic carbocycles. The van der Waals surface area contributed by atoms with Crippen LogP contribution >= 0.6 is 11.6 Å². The van der Waals surface area contributed by atoms with Gasteiger partial charge in [0.15, 0.2) is 0 Å². The van der Waals surface area contributed by atoms with Crippen LogP contribution in [0.15, 0.2) is 48.5 Å². The molecule has 1 aliphatic heterocycles. The first-order chi connectivity index (χ1) is 13.7. The van der Waals surface area contributed by atoms with Crippen LogP contribution in [0.5, 0.6) is 0 Å². The molecule has 9 heteroatoms. The number of nitrogens with one attached hydrogen (secondary N) is 1. The van der Waals surface area contributed by atoms with Gasteiger partial charge in [0.1, 0.15) is 6.54 Å². The minimum Gasteiger partial charge on any atom is -0.369 e. The number of carbonyl (C=O) groups is 1. The maximum absolute atomic E-state index is 12.5. The Morgan fingerprint density at radius 1 is 1.07 bits per heavy atom. The fraction of sp³-hybridized carbons (Fsp3) is 0.350. The Morgan fingerprint density at radius 3 is 2.28 bits per heavy atom. The molecule has 29 heavy (non-hydrogen) atoms. The fourth-order valence-corrected chi connectivity index (χ4v) is 4.34. The van der Waals surface area contributed by atoms with Crippen LogP contribution in [-0.2, 0) is 14.8 Å². The zero-order chi connectivity index (χ0) is 21.0. The number of piperazine rings is 1. The number of halogens is 1. The van der Waals surface area contributed by atoms with Gasteiger partial charge < -0.3 is 15.1 Å². The molecular formula is C20H25ClN4O3S. The number of hydrogen-bond donors (Lipinski definition) is 1. The van der Waals surface area contributed by atoms with Crippen molar-refractivity contribution in [3.8, 4) is 0 Å². The SMILES string of the molecule is CN1CCN(c2ccc(NC(=O)CN(c3ccccc3Cl)S(C)(=O)=O)cc2)CC1. The average molecular weight is 437 g/mol. The van der Waals surface area contributed by atoms with Crippen molar-refractivity contribution in [1.29, 1.82) is 0 Å². The predicted molar refractivity (Wildman–Crippen MR) is 118 cm³/mol. The zero-order valence-corrected chi connectivity index (χ0v) is 18.1. The molecule has 0 aromatic heterocycles. The number of rotatable bonds is 6. The average Bonchev–Trinajstić information content (AvgIpc) is 2.67. The lowest BCUT2D eigenvalue weighted by Crippen LogP contribution is -2.44. The van der Waals surface area contributed by atoms with Gasteiger partial charge in [-0.05, 0) is 43.4 Å². The molecule has 1 N–H and O–H groups in total. The van der Waals surface area contributed by atoms with Gasteiger partial charge in [0.25, 0.3) is 0 Å². The van der Waals surface area contributed by atoms with Crippen molar-refractivity contribution < 1.29 is 13.2 Å². The lowest BCUT2D eigenvalue weighted by atomic mass is 10.2. The van der Waals surface area contributed by atoms with E-state index in [4.69, 9.17) is 11.6 Å². The molecule has 1 fully saturated rings. The van der Waals surface area contributed by atoms with Crippen molar-refractivity contribution in [3.63, 3.8) is 0 Å². The van der Waals surface area contributed by atoms with Crippen molar-refractivity contribution in [1.82, 2.24) is 4.90 Å². The van der Waals surface area contributed by atoms with E-state index in [1.54, 1.807) is 24.3 Å². The van der Waals surface area contributed by atoms with Gasteiger partial charge in [-0.1, -0.05) is 23.7 Å². The minimum atomic E-state index is -3.68. The summed E-state index contributed by atoms with van der Waals surface area (Å²) in [4.78, 5) is 17.1. The van der Waals surface area contributed by atoms with Gasteiger partial charge in [-0.2, -0.15) is 0 Å². The highest BCUT2D eigenvalue weighted by Gasteiger charge is 2.23. The first-order valence-electron chi connectivity index (χ1n) is 9.30. The van der Waals surface area contributed by atoms with Gasteiger partial charge in [-0.25, -0.2) is 8.42 Å². The summed E-state index contributed by atoms with van der Waals surface area (Å²) in [6.45, 7) is 3.60. The summed E-state index contributed by atoms with van der Waals surface area (Å²) in [5, 5.41) is 3.02. The molecule has 1 aliphatic rings. The summed E-state index contributed by atoms with van der Waals surface area (Å²) in [5.74, 6) is -0.442. The third-order valence-electron chi connectivity index (χ3n) is 4.83. The molecular weight excluding hydrogens is 412 g/mol. The molecule has 2 aromatic rings. The Bertz CT molecular complexity index is 958. The quantitative estimate of drug-likeness (QED) is 0.753. The van der Waals surface area contributed by atoms with E-state index in [1.807, 2.05) is 24.3 Å². The van der Waals surface area contributed by atoms with E-state index < -0.39 is 15.9 Å². The second-order valence-corrected chi connectivity index (χ2v) is 9.42. The molecule has 7 nitrogen and oxygen atoms in total. The van der Waals surface area contributed by atoms with E-state index in [2.05, 4.69) is 22.2 Å². The van der Waals surface area contributed by atoms with Gasteiger partial charge in [-0.15, -0.1) is 0 Å². The second kappa shape index (κ2) is 9.02. The van der Waals surface area contributed by atoms with Gasteiger partial charge in [0.2, 0.25) is 15.9 Å². The second-order valence-electron chi connectivity index (χ2n) is 7.11. The number of benzene rings is 2. The van der Waals surface area contributed by atoms with E-state index in [1.165, 1.54) is 0 Å². The van der Waals surface area contributed by atoms with Crippen molar-refractivity contribution in [2.75, 3.05) is 60.5 Å². The molecule has 3 rings (SSSR count). The molecule has 0 bridgehead atoms. The molecule has 1 saturated heterocycles. The third kappa shape index (κ3) is 5.62. The molecule has 1 heterocycles. The van der Waals surface area contributed by atoms with Crippen LogP contribution in [0.2, 0.25) is 5.02 Å². The van der Waals surface area contributed by atoms with Crippen molar-refractivity contribution in [2.24, 2.45) is 0 Å². The van der Waals surface area contributed by atoms with E-state index in [0.29, 0.717) is 5.69 Å². The Morgan fingerprint density at radius 2 is 1.69 bits per heavy atom. The van der Waals surface area contributed by atoms with Gasteiger partial charge in [0, 0.05) is 37.6 Å². The molecule has 2 aromatic carbocycles. The standard InChI is InChI=1S/C20H25ClN4O3S/c1-23-11-13-24(14-12-23)17-9-7-16(8-10-17)22-20(26)15-25(29(2,27)28)19-6-4-3-5-18(19)21/h3-10H,11-15H2,1-2H3,(H,22,26). The summed E-state index contributed by atoms with van der Waals surface area (Å²) >= 11 is 6.12. The summed E-state index contributed by atoms with van der Waals surface area (Å²) in [7, 11) is -1.57. The summed E-state index contributed by atoms with van der Waals surface area (Å²) in [6.07, 6.45) is 1.05. The first-order valence-corrected chi connectivity index (χ1v) is 11.5. The molecule has 0 unspecified atom stereocenters. The maximum Gasteiger partial charge on any atom is 0.245 e. The van der Waals surface area contributed by atoms with Crippen LogP contribution in [0.25, 0.3) is 0 Å². The third-order valence-corrected chi connectivity index (χ3v) is 6.27. The van der Waals surface area contributed by atoms with Crippen LogP contribution in [0.3, 0.4) is 0 Å². The maximum atomic E-state index is 12.5. The number of anilines is 3. The number of likely N-dealkylation sites (N-methyl/N-ethyl adjacent to an activating group) is 1. The molecule has 0 saturated carbocycles. The number of sulfonamides is 1. The van der Waals surface area contributed by atoms with Crippen molar-refractivity contribution in [3.05, 3.63) is 53.6 Å². The van der Waals surface area contributed by atoms with Gasteiger partial charge >= 0.3 is 0 Å². The summed E-state index contributed by atoms with van der Waals surface area (Å²) in [5.41, 5.74) is 1.99. The van der Waals surface area contributed by atoms with Gasteiger partial charge in [0.05, 0.1) is 17.0 Å². The highest BCUT2D eigenvalue weighted by atomic mass is 35.5. The minimum absolute atomic E-state index is 0.266. The highest BCUT2D eigenvalue weighted by Crippen LogP contribution is 2.27. The summed E-state index contributed by atoms with van der Waals surface area (Å²) in [6, 6.07) is 14.1. The predicted octanol–water partition coefficient (Wildman–Crippen LogP) is 2.50. The number of nitrogens with zero attached hydrogens (tertiary/aromatic N) is 3. The molecule has 0 atom stereocenters. The Labute approximate surface area is 176 Å². The Kier molecular flexibility index (Phi) is 6.66. The first kappa shape index (κ1) is 21.4. The van der Waals surface area contributed by atoms with Crippen LogP contribution < -0.4 is 14.5 Å². The monoisotopic (exact) mass is 436 g/mol. The Hall–Kier alpha value is -2.29. The zero-order valence-electron chi connectivity index (χ0n) is 16.5. The lowest BCUT2D eigenvalue weighted by Gasteiger charge is -2.34. The molecule has 0 radical (unpaired) electrons. The van der Waals surface area contributed by atoms with Crippen molar-refractivity contribution >= 4 is 44.6 Å².